The van der Waals surface area contributed by atoms with Crippen molar-refractivity contribution in [2.45, 2.75) is 19.8 Å². The first-order valence-electron chi connectivity index (χ1n) is 8.59. The first-order chi connectivity index (χ1) is 13.8. The number of hydrogen-bond donors (Lipinski definition) is 1. The van der Waals surface area contributed by atoms with Gasteiger partial charge in [-0.1, -0.05) is 15.9 Å². The summed E-state index contributed by atoms with van der Waals surface area (Å²) in [5.41, 5.74) is 1.30. The van der Waals surface area contributed by atoms with Crippen LogP contribution in [0, 0.1) is 10.1 Å². The van der Waals surface area contributed by atoms with Crippen LogP contribution in [0.3, 0.4) is 0 Å². The summed E-state index contributed by atoms with van der Waals surface area (Å²) in [6.45, 7) is 3.60. The molecule has 1 heterocycles. The Balaban J connectivity index is 2.82. The fourth-order valence-electron chi connectivity index (χ4n) is 3.22. The zero-order chi connectivity index (χ0) is 21.7. The SMILES string of the molecule is COC(=O)C1=C(C)NC(C)=C(C(=O)OC)C1c1cc([N+](=O)[O-])ccc1OCCBr. The number of carbonyl (C=O) groups is 2. The van der Waals surface area contributed by atoms with Crippen LogP contribution >= 0.6 is 15.9 Å². The number of dihydropyridines is 1. The smallest absolute Gasteiger partial charge is 0.336 e. The van der Waals surface area contributed by atoms with Gasteiger partial charge in [-0.15, -0.1) is 0 Å². The number of nitrogens with zero attached hydrogens (tertiary/aromatic N) is 1. The highest BCUT2D eigenvalue weighted by atomic mass is 79.9. The van der Waals surface area contributed by atoms with Crippen LogP contribution in [0.4, 0.5) is 5.69 Å². The molecular weight excluding hydrogens is 448 g/mol. The second-order valence-electron chi connectivity index (χ2n) is 6.14. The van der Waals surface area contributed by atoms with Gasteiger partial charge in [0, 0.05) is 34.4 Å². The van der Waals surface area contributed by atoms with E-state index in [0.717, 1.165) is 0 Å². The number of benzene rings is 1. The van der Waals surface area contributed by atoms with Crippen LogP contribution in [0.25, 0.3) is 0 Å². The molecule has 1 aliphatic rings. The van der Waals surface area contributed by atoms with Crippen molar-refractivity contribution >= 4 is 33.6 Å². The number of halogens is 1. The van der Waals surface area contributed by atoms with Gasteiger partial charge in [-0.3, -0.25) is 10.1 Å². The third-order valence-electron chi connectivity index (χ3n) is 4.42. The molecule has 10 heteroatoms. The number of nitro benzene ring substituents is 1. The fourth-order valence-corrected chi connectivity index (χ4v) is 3.38. The van der Waals surface area contributed by atoms with Crippen LogP contribution in [-0.4, -0.2) is 43.0 Å². The maximum atomic E-state index is 12.6. The number of methoxy groups -OCH3 is 2. The van der Waals surface area contributed by atoms with E-state index >= 15 is 0 Å². The van der Waals surface area contributed by atoms with Crippen LogP contribution in [-0.2, 0) is 19.1 Å². The van der Waals surface area contributed by atoms with E-state index in [9.17, 15) is 19.7 Å². The number of hydrogen-bond acceptors (Lipinski definition) is 8. The predicted molar refractivity (Wildman–Crippen MR) is 108 cm³/mol. The Hall–Kier alpha value is -2.88. The van der Waals surface area contributed by atoms with Crippen LogP contribution < -0.4 is 10.1 Å². The van der Waals surface area contributed by atoms with Crippen molar-refractivity contribution in [2.24, 2.45) is 0 Å². The lowest BCUT2D eigenvalue weighted by molar-refractivity contribution is -0.384. The number of alkyl halides is 1. The maximum absolute atomic E-state index is 12.6. The summed E-state index contributed by atoms with van der Waals surface area (Å²) in [6.07, 6.45) is 0. The molecule has 156 valence electrons. The summed E-state index contributed by atoms with van der Waals surface area (Å²) < 4.78 is 15.6. The lowest BCUT2D eigenvalue weighted by Gasteiger charge is -2.30. The number of nitrogens with one attached hydrogen (secondary N) is 1. The molecule has 0 spiro atoms. The van der Waals surface area contributed by atoms with E-state index in [2.05, 4.69) is 21.2 Å². The first-order valence-corrected chi connectivity index (χ1v) is 9.71. The largest absolute Gasteiger partial charge is 0.492 e. The third-order valence-corrected chi connectivity index (χ3v) is 4.74. The zero-order valence-corrected chi connectivity index (χ0v) is 18.0. The number of esters is 2. The van der Waals surface area contributed by atoms with Crippen molar-refractivity contribution in [1.82, 2.24) is 5.32 Å². The highest BCUT2D eigenvalue weighted by Crippen LogP contribution is 2.43. The molecule has 0 radical (unpaired) electrons. The molecule has 0 fully saturated rings. The minimum absolute atomic E-state index is 0.141. The molecule has 1 N–H and O–H groups in total. The number of carbonyl (C=O) groups excluding carboxylic acids is 2. The molecular formula is C19H21BrN2O7. The van der Waals surface area contributed by atoms with E-state index in [1.807, 2.05) is 0 Å². The van der Waals surface area contributed by atoms with Crippen molar-refractivity contribution < 1.29 is 28.7 Å². The van der Waals surface area contributed by atoms with Gasteiger partial charge in [0.1, 0.15) is 5.75 Å². The van der Waals surface area contributed by atoms with Crippen molar-refractivity contribution in [3.05, 3.63) is 56.4 Å². The number of ether oxygens (including phenoxy) is 3. The second kappa shape index (κ2) is 9.55. The van der Waals surface area contributed by atoms with Gasteiger partial charge in [-0.25, -0.2) is 9.59 Å². The van der Waals surface area contributed by atoms with E-state index in [1.165, 1.54) is 32.4 Å². The predicted octanol–water partition coefficient (Wildman–Crippen LogP) is 2.95. The van der Waals surface area contributed by atoms with Crippen LogP contribution in [0.2, 0.25) is 0 Å². The quantitative estimate of drug-likeness (QED) is 0.281. The summed E-state index contributed by atoms with van der Waals surface area (Å²) in [6, 6.07) is 4.05. The average molecular weight is 469 g/mol. The van der Waals surface area contributed by atoms with Gasteiger partial charge < -0.3 is 19.5 Å². The molecule has 0 unspecified atom stereocenters. The van der Waals surface area contributed by atoms with Gasteiger partial charge >= 0.3 is 11.9 Å². The molecule has 0 atom stereocenters. The number of rotatable bonds is 7. The minimum Gasteiger partial charge on any atom is -0.492 e. The van der Waals surface area contributed by atoms with Gasteiger partial charge in [0.2, 0.25) is 0 Å². The molecule has 29 heavy (non-hydrogen) atoms. The summed E-state index contributed by atoms with van der Waals surface area (Å²) in [4.78, 5) is 36.0. The van der Waals surface area contributed by atoms with Crippen molar-refractivity contribution in [3.63, 3.8) is 0 Å². The molecule has 2 rings (SSSR count). The second-order valence-corrected chi connectivity index (χ2v) is 6.93. The average Bonchev–Trinajstić information content (AvgIpc) is 2.70. The Morgan fingerprint density at radius 3 is 2.14 bits per heavy atom. The Kier molecular flexibility index (Phi) is 7.38. The van der Waals surface area contributed by atoms with Crippen LogP contribution in [0.5, 0.6) is 5.75 Å². The molecule has 1 aromatic carbocycles. The summed E-state index contributed by atoms with van der Waals surface area (Å²) in [5.74, 6) is -2.01. The highest BCUT2D eigenvalue weighted by Gasteiger charge is 2.39. The van der Waals surface area contributed by atoms with Crippen LogP contribution in [0.1, 0.15) is 25.3 Å². The van der Waals surface area contributed by atoms with E-state index in [-0.39, 0.29) is 23.4 Å². The monoisotopic (exact) mass is 468 g/mol. The molecule has 0 saturated heterocycles. The Morgan fingerprint density at radius 1 is 1.14 bits per heavy atom. The first kappa shape index (κ1) is 22.4. The van der Waals surface area contributed by atoms with Gasteiger partial charge in [-0.2, -0.15) is 0 Å². The molecule has 0 aromatic heterocycles. The number of non-ortho nitro benzene ring substituents is 1. The fraction of sp³-hybridized carbons (Fsp3) is 0.368. The molecule has 1 aromatic rings. The van der Waals surface area contributed by atoms with Gasteiger partial charge in [0.25, 0.3) is 5.69 Å². The summed E-state index contributed by atoms with van der Waals surface area (Å²) in [5, 5.41) is 14.9. The zero-order valence-electron chi connectivity index (χ0n) is 16.4. The Morgan fingerprint density at radius 2 is 1.69 bits per heavy atom. The van der Waals surface area contributed by atoms with Gasteiger partial charge in [0.05, 0.1) is 42.8 Å². The van der Waals surface area contributed by atoms with Crippen molar-refractivity contribution in [1.29, 1.82) is 0 Å². The topological polar surface area (TPSA) is 117 Å². The lowest BCUT2D eigenvalue weighted by Crippen LogP contribution is -2.32. The van der Waals surface area contributed by atoms with E-state index in [1.54, 1.807) is 13.8 Å². The standard InChI is InChI=1S/C19H21BrN2O7/c1-10-15(18(23)27-3)17(16(11(2)21-10)19(24)28-4)13-9-12(22(25)26)5-6-14(13)29-8-7-20/h5-6,9,17,21H,7-8H2,1-4H3. The third kappa shape index (κ3) is 4.58. The number of allylic oxidation sites excluding steroid dienone is 2. The molecule has 0 amide bonds. The highest BCUT2D eigenvalue weighted by molar-refractivity contribution is 9.09. The van der Waals surface area contributed by atoms with Crippen molar-refractivity contribution in [3.8, 4) is 5.75 Å². The molecule has 0 bridgehead atoms. The van der Waals surface area contributed by atoms with E-state index in [0.29, 0.717) is 28.0 Å². The van der Waals surface area contributed by atoms with Gasteiger partial charge in [-0.05, 0) is 19.9 Å². The molecule has 0 aliphatic carbocycles. The normalized spacial score (nSPS) is 14.4. The summed E-state index contributed by atoms with van der Waals surface area (Å²) in [7, 11) is 2.44. The lowest BCUT2D eigenvalue weighted by atomic mass is 9.80. The Bertz CT molecular complexity index is 870. The van der Waals surface area contributed by atoms with Gasteiger partial charge in [0.15, 0.2) is 0 Å². The molecule has 1 aliphatic heterocycles. The van der Waals surface area contributed by atoms with Crippen molar-refractivity contribution in [2.75, 3.05) is 26.2 Å². The van der Waals surface area contributed by atoms with Crippen LogP contribution in [0.15, 0.2) is 40.7 Å². The van der Waals surface area contributed by atoms with E-state index in [4.69, 9.17) is 14.2 Å². The van der Waals surface area contributed by atoms with E-state index < -0.39 is 22.8 Å². The summed E-state index contributed by atoms with van der Waals surface area (Å²) >= 11 is 3.27. The molecule has 9 nitrogen and oxygen atoms in total. The Labute approximate surface area is 176 Å². The molecule has 0 saturated carbocycles. The minimum atomic E-state index is -0.971. The number of nitro groups is 1. The maximum Gasteiger partial charge on any atom is 0.336 e.